The molecule has 3 rings (SSSR count). The van der Waals surface area contributed by atoms with E-state index in [1.807, 2.05) is 0 Å². The van der Waals surface area contributed by atoms with Crippen molar-refractivity contribution < 1.29 is 4.74 Å². The predicted molar refractivity (Wildman–Crippen MR) is 76.9 cm³/mol. The Bertz CT molecular complexity index is 413. The Labute approximate surface area is 116 Å². The van der Waals surface area contributed by atoms with Crippen LogP contribution >= 0.6 is 12.4 Å². The van der Waals surface area contributed by atoms with Crippen LogP contribution in [0.3, 0.4) is 0 Å². The lowest BCUT2D eigenvalue weighted by atomic mass is 9.74. The van der Waals surface area contributed by atoms with Gasteiger partial charge >= 0.3 is 0 Å². The minimum Gasteiger partial charge on any atom is -0.497 e. The first-order valence-electron chi connectivity index (χ1n) is 6.72. The van der Waals surface area contributed by atoms with Gasteiger partial charge in [-0.2, -0.15) is 0 Å². The Morgan fingerprint density at radius 1 is 1.17 bits per heavy atom. The van der Waals surface area contributed by atoms with E-state index in [0.29, 0.717) is 5.54 Å². The van der Waals surface area contributed by atoms with E-state index in [-0.39, 0.29) is 12.4 Å². The second kappa shape index (κ2) is 5.50. The number of hydrogen-bond donors (Lipinski definition) is 1. The highest BCUT2D eigenvalue weighted by Crippen LogP contribution is 2.35. The minimum atomic E-state index is 0. The van der Waals surface area contributed by atoms with Crippen molar-refractivity contribution in [2.45, 2.75) is 44.1 Å². The number of piperidine rings is 1. The van der Waals surface area contributed by atoms with Crippen LogP contribution in [0.5, 0.6) is 5.75 Å². The lowest BCUT2D eigenvalue weighted by Gasteiger charge is -2.42. The van der Waals surface area contributed by atoms with Crippen LogP contribution < -0.4 is 10.1 Å². The number of fused-ring (bicyclic) bond motifs is 1. The summed E-state index contributed by atoms with van der Waals surface area (Å²) in [7, 11) is 1.74. The fourth-order valence-electron chi connectivity index (χ4n) is 3.36. The fraction of sp³-hybridized carbons (Fsp3) is 0.600. The number of ether oxygens (including phenoxy) is 1. The summed E-state index contributed by atoms with van der Waals surface area (Å²) in [6.07, 6.45) is 7.76. The maximum absolute atomic E-state index is 5.30. The van der Waals surface area contributed by atoms with Gasteiger partial charge in [0.2, 0.25) is 0 Å². The number of methoxy groups -OCH3 is 1. The van der Waals surface area contributed by atoms with Gasteiger partial charge in [0, 0.05) is 5.54 Å². The Hall–Kier alpha value is -0.730. The predicted octanol–water partition coefficient (Wildman–Crippen LogP) is 3.12. The van der Waals surface area contributed by atoms with Gasteiger partial charge in [-0.1, -0.05) is 12.5 Å². The number of benzene rings is 1. The van der Waals surface area contributed by atoms with Gasteiger partial charge in [-0.3, -0.25) is 0 Å². The van der Waals surface area contributed by atoms with Crippen molar-refractivity contribution in [1.82, 2.24) is 5.32 Å². The molecule has 100 valence electrons. The SMILES string of the molecule is COc1ccc2c(c1)CC[C@@]1(CCCCN1)C2.Cl. The van der Waals surface area contributed by atoms with Crippen molar-refractivity contribution in [3.05, 3.63) is 29.3 Å². The van der Waals surface area contributed by atoms with Crippen LogP contribution in [0.4, 0.5) is 0 Å². The molecule has 0 bridgehead atoms. The highest BCUT2D eigenvalue weighted by Gasteiger charge is 2.35. The largest absolute Gasteiger partial charge is 0.497 e. The molecule has 1 aliphatic carbocycles. The summed E-state index contributed by atoms with van der Waals surface area (Å²) < 4.78 is 5.30. The summed E-state index contributed by atoms with van der Waals surface area (Å²) >= 11 is 0. The van der Waals surface area contributed by atoms with Crippen LogP contribution in [0.1, 0.15) is 36.8 Å². The van der Waals surface area contributed by atoms with Crippen LogP contribution in [0.2, 0.25) is 0 Å². The molecule has 0 saturated carbocycles. The summed E-state index contributed by atoms with van der Waals surface area (Å²) in [6, 6.07) is 6.57. The van der Waals surface area contributed by atoms with E-state index in [1.54, 1.807) is 7.11 Å². The van der Waals surface area contributed by atoms with Gasteiger partial charge in [0.15, 0.2) is 0 Å². The third kappa shape index (κ3) is 2.50. The van der Waals surface area contributed by atoms with Gasteiger partial charge in [0.1, 0.15) is 5.75 Å². The zero-order chi connectivity index (χ0) is 11.7. The first-order chi connectivity index (χ1) is 8.31. The van der Waals surface area contributed by atoms with Gasteiger partial charge in [-0.25, -0.2) is 0 Å². The summed E-state index contributed by atoms with van der Waals surface area (Å²) in [5, 5.41) is 3.77. The average Bonchev–Trinajstić information content (AvgIpc) is 2.39. The summed E-state index contributed by atoms with van der Waals surface area (Å²) in [6.45, 7) is 1.20. The number of aryl methyl sites for hydroxylation is 1. The Morgan fingerprint density at radius 2 is 2.06 bits per heavy atom. The molecular formula is C15H22ClNO. The summed E-state index contributed by atoms with van der Waals surface area (Å²) in [5.74, 6) is 0.997. The maximum atomic E-state index is 5.30. The summed E-state index contributed by atoms with van der Waals surface area (Å²) in [5.41, 5.74) is 3.41. The molecule has 1 atom stereocenters. The maximum Gasteiger partial charge on any atom is 0.119 e. The first-order valence-corrected chi connectivity index (χ1v) is 6.72. The van der Waals surface area contributed by atoms with E-state index in [0.717, 1.165) is 5.75 Å². The van der Waals surface area contributed by atoms with Gasteiger partial charge < -0.3 is 10.1 Å². The molecule has 0 aromatic heterocycles. The Balaban J connectivity index is 0.00000120. The zero-order valence-corrected chi connectivity index (χ0v) is 11.8. The van der Waals surface area contributed by atoms with Gasteiger partial charge in [0.05, 0.1) is 7.11 Å². The van der Waals surface area contributed by atoms with Crippen molar-refractivity contribution in [2.75, 3.05) is 13.7 Å². The molecule has 18 heavy (non-hydrogen) atoms. The molecular weight excluding hydrogens is 246 g/mol. The normalized spacial score (nSPS) is 26.3. The molecule has 2 nitrogen and oxygen atoms in total. The minimum absolute atomic E-state index is 0. The third-order valence-electron chi connectivity index (χ3n) is 4.40. The second-order valence-electron chi connectivity index (χ2n) is 5.48. The van der Waals surface area contributed by atoms with Crippen molar-refractivity contribution in [2.24, 2.45) is 0 Å². The van der Waals surface area contributed by atoms with E-state index in [9.17, 15) is 0 Å². The quantitative estimate of drug-likeness (QED) is 0.844. The molecule has 3 heteroatoms. The molecule has 1 fully saturated rings. The van der Waals surface area contributed by atoms with Crippen molar-refractivity contribution in [3.8, 4) is 5.75 Å². The molecule has 2 aliphatic rings. The van der Waals surface area contributed by atoms with Crippen molar-refractivity contribution >= 4 is 12.4 Å². The lowest BCUT2D eigenvalue weighted by Crippen LogP contribution is -2.52. The second-order valence-corrected chi connectivity index (χ2v) is 5.48. The highest BCUT2D eigenvalue weighted by molar-refractivity contribution is 5.85. The molecule has 1 aromatic rings. The highest BCUT2D eigenvalue weighted by atomic mass is 35.5. The molecule has 0 unspecified atom stereocenters. The van der Waals surface area contributed by atoms with Crippen molar-refractivity contribution in [3.63, 3.8) is 0 Å². The van der Waals surface area contributed by atoms with Crippen LogP contribution in [0, 0.1) is 0 Å². The molecule has 1 heterocycles. The smallest absolute Gasteiger partial charge is 0.119 e. The van der Waals surface area contributed by atoms with E-state index in [1.165, 1.54) is 56.2 Å². The van der Waals surface area contributed by atoms with Gasteiger partial charge in [0.25, 0.3) is 0 Å². The van der Waals surface area contributed by atoms with E-state index < -0.39 is 0 Å². The molecule has 1 saturated heterocycles. The molecule has 0 amide bonds. The molecule has 1 N–H and O–H groups in total. The monoisotopic (exact) mass is 267 g/mol. The third-order valence-corrected chi connectivity index (χ3v) is 4.40. The number of halogens is 1. The zero-order valence-electron chi connectivity index (χ0n) is 11.0. The van der Waals surface area contributed by atoms with Crippen LogP contribution in [0.25, 0.3) is 0 Å². The van der Waals surface area contributed by atoms with Gasteiger partial charge in [-0.15, -0.1) is 12.4 Å². The topological polar surface area (TPSA) is 21.3 Å². The molecule has 0 radical (unpaired) electrons. The van der Waals surface area contributed by atoms with E-state index in [4.69, 9.17) is 4.74 Å². The lowest BCUT2D eigenvalue weighted by molar-refractivity contribution is 0.225. The van der Waals surface area contributed by atoms with Crippen LogP contribution in [-0.4, -0.2) is 19.2 Å². The summed E-state index contributed by atoms with van der Waals surface area (Å²) in [4.78, 5) is 0. The average molecular weight is 268 g/mol. The molecule has 1 aromatic carbocycles. The first kappa shape index (κ1) is 13.7. The van der Waals surface area contributed by atoms with E-state index in [2.05, 4.69) is 23.5 Å². The van der Waals surface area contributed by atoms with Crippen LogP contribution in [-0.2, 0) is 12.8 Å². The van der Waals surface area contributed by atoms with Gasteiger partial charge in [-0.05, 0) is 61.9 Å². The number of hydrogen-bond acceptors (Lipinski definition) is 2. The van der Waals surface area contributed by atoms with E-state index >= 15 is 0 Å². The Kier molecular flexibility index (Phi) is 4.18. The fourth-order valence-corrected chi connectivity index (χ4v) is 3.36. The van der Waals surface area contributed by atoms with Crippen LogP contribution in [0.15, 0.2) is 18.2 Å². The molecule has 1 spiro atoms. The van der Waals surface area contributed by atoms with Crippen molar-refractivity contribution in [1.29, 1.82) is 0 Å². The standard InChI is InChI=1S/C15H21NO.ClH/c1-17-14-5-4-13-11-15(7-2-3-9-16-15)8-6-12(13)10-14;/h4-5,10,16H,2-3,6-9,11H2,1H3;1H/t15-;/m0./s1. The Morgan fingerprint density at radius 3 is 2.78 bits per heavy atom. The molecule has 1 aliphatic heterocycles. The number of rotatable bonds is 1. The number of nitrogens with one attached hydrogen (secondary N) is 1.